The highest BCUT2D eigenvalue weighted by molar-refractivity contribution is 6.24. The van der Waals surface area contributed by atoms with Crippen LogP contribution in [0.2, 0.25) is 0 Å². The van der Waals surface area contributed by atoms with Crippen LogP contribution >= 0.6 is 0 Å². The predicted molar refractivity (Wildman–Crippen MR) is 137 cm³/mol. The van der Waals surface area contributed by atoms with Gasteiger partial charge in [-0.1, -0.05) is 0 Å². The van der Waals surface area contributed by atoms with Crippen molar-refractivity contribution in [3.63, 3.8) is 0 Å². The summed E-state index contributed by atoms with van der Waals surface area (Å²) in [6.07, 6.45) is -0.302. The third kappa shape index (κ3) is 3.61. The van der Waals surface area contributed by atoms with Crippen molar-refractivity contribution in [2.75, 3.05) is 34.7 Å². The quantitative estimate of drug-likeness (QED) is 0.302. The number of rotatable bonds is 4. The molecule has 0 aromatic heterocycles. The lowest BCUT2D eigenvalue weighted by Gasteiger charge is -2.50. The molecule has 1 aromatic carbocycles. The maximum atomic E-state index is 16.0. The van der Waals surface area contributed by atoms with Crippen LogP contribution in [0.3, 0.4) is 0 Å². The van der Waals surface area contributed by atoms with Gasteiger partial charge in [-0.3, -0.25) is 24.1 Å². The van der Waals surface area contributed by atoms with Gasteiger partial charge in [-0.15, -0.1) is 0 Å². The fraction of sp³-hybridized carbons (Fsp3) is 0.481. The lowest BCUT2D eigenvalue weighted by molar-refractivity contribution is -0.153. The molecule has 214 valence electrons. The SMILES string of the molecule is CN(C)CC(=O)N1Cc2c(O)c3c(c(F)c2C1)C[C@H]1C[C@H]2[C@H](N(C)C)C(=O)C(C(N)=O)=C(O)[C@@]2(O)C(=O)C1=C3O. The van der Waals surface area contributed by atoms with Gasteiger partial charge in [-0.2, -0.15) is 0 Å². The Morgan fingerprint density at radius 1 is 1.07 bits per heavy atom. The number of aliphatic hydroxyl groups is 3. The first-order chi connectivity index (χ1) is 18.6. The Morgan fingerprint density at radius 3 is 2.27 bits per heavy atom. The molecule has 6 N–H and O–H groups in total. The fourth-order valence-corrected chi connectivity index (χ4v) is 6.76. The number of aliphatic hydroxyl groups excluding tert-OH is 2. The first kappa shape index (κ1) is 27.7. The number of phenolic OH excluding ortho intramolecular Hbond substituents is 1. The van der Waals surface area contributed by atoms with E-state index in [0.717, 1.165) is 0 Å². The number of nitrogens with zero attached hydrogens (tertiary/aromatic N) is 3. The third-order valence-electron chi connectivity index (χ3n) is 8.53. The summed E-state index contributed by atoms with van der Waals surface area (Å²) in [5.41, 5.74) is 1.12. The first-order valence-electron chi connectivity index (χ1n) is 12.7. The number of nitrogens with two attached hydrogens (primary N) is 1. The Labute approximate surface area is 228 Å². The standard InChI is InChI=1S/C27H31FN4O8/c1-30(2)9-15(33)32-7-12-13(8-32)21(34)17-11(19(12)28)5-10-6-14-20(31(3)4)23(36)18(26(29)39)25(38)27(14,40)24(37)16(10)22(17)35/h10,14,20,34-35,38,40H,5-9H2,1-4H3,(H2,29,39)/t10-,14-,20-,27-/m0/s1. The zero-order chi connectivity index (χ0) is 29.6. The Balaban J connectivity index is 1.66. The van der Waals surface area contributed by atoms with Gasteiger partial charge in [-0.05, 0) is 47.0 Å². The maximum Gasteiger partial charge on any atom is 0.255 e. The lowest BCUT2D eigenvalue weighted by atomic mass is 9.57. The number of hydrogen-bond acceptors (Lipinski definition) is 10. The summed E-state index contributed by atoms with van der Waals surface area (Å²) in [6, 6.07) is -1.23. The van der Waals surface area contributed by atoms with Crippen molar-refractivity contribution >= 4 is 29.1 Å². The summed E-state index contributed by atoms with van der Waals surface area (Å²) in [5.74, 6) is -8.96. The molecule has 1 aromatic rings. The highest BCUT2D eigenvalue weighted by Gasteiger charge is 2.64. The molecule has 3 aliphatic carbocycles. The van der Waals surface area contributed by atoms with Crippen molar-refractivity contribution in [2.45, 2.75) is 37.6 Å². The van der Waals surface area contributed by atoms with Gasteiger partial charge in [-0.25, -0.2) is 4.39 Å². The van der Waals surface area contributed by atoms with Crippen LogP contribution in [-0.4, -0.2) is 105 Å². The van der Waals surface area contributed by atoms with Crippen LogP contribution in [0, 0.1) is 17.7 Å². The van der Waals surface area contributed by atoms with E-state index in [-0.39, 0.29) is 66.2 Å². The number of primary amides is 1. The van der Waals surface area contributed by atoms with E-state index in [4.69, 9.17) is 5.73 Å². The number of fused-ring (bicyclic) bond motifs is 4. The van der Waals surface area contributed by atoms with Gasteiger partial charge >= 0.3 is 0 Å². The number of ketones is 2. The van der Waals surface area contributed by atoms with Gasteiger partial charge in [0.05, 0.1) is 24.7 Å². The molecule has 4 aliphatic rings. The highest BCUT2D eigenvalue weighted by atomic mass is 19.1. The summed E-state index contributed by atoms with van der Waals surface area (Å²) in [4.78, 5) is 56.2. The molecular weight excluding hydrogens is 527 g/mol. The average molecular weight is 559 g/mol. The van der Waals surface area contributed by atoms with Gasteiger partial charge in [0, 0.05) is 34.7 Å². The van der Waals surface area contributed by atoms with Crippen LogP contribution in [0.5, 0.6) is 5.75 Å². The summed E-state index contributed by atoms with van der Waals surface area (Å²) >= 11 is 0. The van der Waals surface area contributed by atoms with Gasteiger partial charge in [0.2, 0.25) is 11.7 Å². The number of carbonyl (C=O) groups is 4. The van der Waals surface area contributed by atoms with Gasteiger partial charge < -0.3 is 36.0 Å². The topological polar surface area (TPSA) is 185 Å². The monoisotopic (exact) mass is 558 g/mol. The zero-order valence-corrected chi connectivity index (χ0v) is 22.5. The van der Waals surface area contributed by atoms with E-state index in [9.17, 15) is 39.6 Å². The van der Waals surface area contributed by atoms with Gasteiger partial charge in [0.15, 0.2) is 11.4 Å². The van der Waals surface area contributed by atoms with Crippen molar-refractivity contribution in [1.29, 1.82) is 0 Å². The average Bonchev–Trinajstić information content (AvgIpc) is 3.30. The molecule has 0 saturated heterocycles. The second-order valence-corrected chi connectivity index (χ2v) is 11.4. The second kappa shape index (κ2) is 9.11. The molecule has 1 fully saturated rings. The third-order valence-corrected chi connectivity index (χ3v) is 8.53. The molecule has 4 atom stereocenters. The molecule has 0 bridgehead atoms. The number of Topliss-reactive ketones (excluding diaryl/α,β-unsaturated/α-hetero) is 2. The largest absolute Gasteiger partial charge is 0.508 e. The van der Waals surface area contributed by atoms with Crippen LogP contribution in [0.25, 0.3) is 5.76 Å². The molecular formula is C27H31FN4O8. The number of amides is 2. The Hall–Kier alpha value is -3.81. The van der Waals surface area contributed by atoms with E-state index >= 15 is 4.39 Å². The molecule has 1 saturated carbocycles. The number of aromatic hydroxyl groups is 1. The minimum Gasteiger partial charge on any atom is -0.508 e. The number of benzene rings is 1. The van der Waals surface area contributed by atoms with Crippen molar-refractivity contribution in [3.8, 4) is 5.75 Å². The van der Waals surface area contributed by atoms with E-state index in [1.54, 1.807) is 19.0 Å². The van der Waals surface area contributed by atoms with Gasteiger partial charge in [0.1, 0.15) is 28.7 Å². The lowest BCUT2D eigenvalue weighted by Crippen LogP contribution is -2.65. The molecule has 1 aliphatic heterocycles. The number of halogens is 1. The molecule has 12 nitrogen and oxygen atoms in total. The summed E-state index contributed by atoms with van der Waals surface area (Å²) < 4.78 is 16.0. The Morgan fingerprint density at radius 2 is 1.70 bits per heavy atom. The first-order valence-corrected chi connectivity index (χ1v) is 12.7. The van der Waals surface area contributed by atoms with E-state index in [1.807, 2.05) is 0 Å². The Kier molecular flexibility index (Phi) is 6.32. The molecule has 2 amide bonds. The normalized spacial score (nSPS) is 27.7. The van der Waals surface area contributed by atoms with Crippen molar-refractivity contribution in [2.24, 2.45) is 17.6 Å². The molecule has 40 heavy (non-hydrogen) atoms. The molecule has 5 rings (SSSR count). The van der Waals surface area contributed by atoms with Crippen LogP contribution < -0.4 is 5.73 Å². The van der Waals surface area contributed by atoms with Gasteiger partial charge in [0.25, 0.3) is 5.91 Å². The van der Waals surface area contributed by atoms with Crippen molar-refractivity contribution < 1.29 is 44.0 Å². The van der Waals surface area contributed by atoms with Crippen molar-refractivity contribution in [3.05, 3.63) is 45.0 Å². The van der Waals surface area contributed by atoms with E-state index in [2.05, 4.69) is 0 Å². The summed E-state index contributed by atoms with van der Waals surface area (Å²) in [7, 11) is 6.41. The molecule has 0 spiro atoms. The van der Waals surface area contributed by atoms with Crippen molar-refractivity contribution in [1.82, 2.24) is 14.7 Å². The van der Waals surface area contributed by atoms with E-state index in [1.165, 1.54) is 23.9 Å². The fourth-order valence-electron chi connectivity index (χ4n) is 6.76. The minimum atomic E-state index is -2.77. The number of phenols is 1. The number of hydrogen-bond donors (Lipinski definition) is 5. The van der Waals surface area contributed by atoms with Crippen LogP contribution in [-0.2, 0) is 38.7 Å². The summed E-state index contributed by atoms with van der Waals surface area (Å²) in [6.45, 7) is -0.121. The minimum absolute atomic E-state index is 0.0521. The smallest absolute Gasteiger partial charge is 0.255 e. The summed E-state index contributed by atoms with van der Waals surface area (Å²) in [5, 5.41) is 45.0. The molecule has 0 unspecified atom stereocenters. The predicted octanol–water partition coefficient (Wildman–Crippen LogP) is -0.493. The zero-order valence-electron chi connectivity index (χ0n) is 22.5. The number of carbonyl (C=O) groups excluding carboxylic acids is 4. The molecule has 13 heteroatoms. The maximum absolute atomic E-state index is 16.0. The van der Waals surface area contributed by atoms with Crippen LogP contribution in [0.1, 0.15) is 28.7 Å². The van der Waals surface area contributed by atoms with E-state index < -0.39 is 69.6 Å². The van der Waals surface area contributed by atoms with E-state index in [0.29, 0.717) is 0 Å². The van der Waals surface area contributed by atoms with Crippen LogP contribution in [0.4, 0.5) is 4.39 Å². The second-order valence-electron chi connectivity index (χ2n) is 11.4. The molecule has 1 heterocycles. The van der Waals surface area contributed by atoms with Crippen LogP contribution in [0.15, 0.2) is 16.9 Å². The molecule has 0 radical (unpaired) electrons. The highest BCUT2D eigenvalue weighted by Crippen LogP contribution is 2.54. The number of likely N-dealkylation sites (N-methyl/N-ethyl adjacent to an activating group) is 2. The Bertz CT molecular complexity index is 1460.